The summed E-state index contributed by atoms with van der Waals surface area (Å²) in [5.74, 6) is -0.743. The van der Waals surface area contributed by atoms with Crippen LogP contribution in [0.25, 0.3) is 0 Å². The number of hydrogen-bond donors (Lipinski definition) is 2. The Labute approximate surface area is 80.1 Å². The van der Waals surface area contributed by atoms with E-state index < -0.39 is 11.5 Å². The standard InChI is InChI=1S/C8H11N3O3/c1-3-4-5(7(13)14-2)10-8(9)11-6(4)12/h3H2,1-2H3,(H3,9,10,11,12). The van der Waals surface area contributed by atoms with E-state index in [2.05, 4.69) is 14.7 Å². The van der Waals surface area contributed by atoms with Crippen molar-refractivity contribution in [2.75, 3.05) is 12.8 Å². The van der Waals surface area contributed by atoms with Gasteiger partial charge in [0.2, 0.25) is 5.95 Å². The van der Waals surface area contributed by atoms with E-state index in [1.807, 2.05) is 0 Å². The molecule has 0 atom stereocenters. The molecular weight excluding hydrogens is 186 g/mol. The van der Waals surface area contributed by atoms with E-state index >= 15 is 0 Å². The number of rotatable bonds is 2. The molecule has 1 aromatic rings. The highest BCUT2D eigenvalue weighted by Crippen LogP contribution is 2.04. The van der Waals surface area contributed by atoms with Crippen molar-refractivity contribution in [3.05, 3.63) is 21.6 Å². The Morgan fingerprint density at radius 3 is 2.79 bits per heavy atom. The Bertz CT molecular complexity index is 411. The van der Waals surface area contributed by atoms with E-state index in [0.29, 0.717) is 6.42 Å². The number of anilines is 1. The summed E-state index contributed by atoms with van der Waals surface area (Å²) in [4.78, 5) is 28.6. The maximum absolute atomic E-state index is 11.3. The first-order chi connectivity index (χ1) is 6.60. The number of nitrogens with two attached hydrogens (primary N) is 1. The lowest BCUT2D eigenvalue weighted by Crippen LogP contribution is -2.22. The van der Waals surface area contributed by atoms with Gasteiger partial charge in [-0.1, -0.05) is 6.92 Å². The van der Waals surface area contributed by atoms with Gasteiger partial charge in [0, 0.05) is 0 Å². The molecule has 6 heteroatoms. The Morgan fingerprint density at radius 2 is 2.29 bits per heavy atom. The molecule has 0 saturated carbocycles. The molecule has 0 aliphatic rings. The number of esters is 1. The fourth-order valence-electron chi connectivity index (χ4n) is 1.11. The molecule has 0 fully saturated rings. The maximum Gasteiger partial charge on any atom is 0.357 e. The van der Waals surface area contributed by atoms with Crippen molar-refractivity contribution in [3.63, 3.8) is 0 Å². The number of ether oxygens (including phenoxy) is 1. The Balaban J connectivity index is 3.39. The minimum absolute atomic E-state index is 0.0174. The summed E-state index contributed by atoms with van der Waals surface area (Å²) >= 11 is 0. The molecule has 0 aliphatic carbocycles. The van der Waals surface area contributed by atoms with Gasteiger partial charge in [-0.05, 0) is 6.42 Å². The molecule has 1 heterocycles. The molecule has 0 amide bonds. The van der Waals surface area contributed by atoms with Gasteiger partial charge < -0.3 is 10.5 Å². The lowest BCUT2D eigenvalue weighted by molar-refractivity contribution is 0.0592. The zero-order chi connectivity index (χ0) is 10.7. The van der Waals surface area contributed by atoms with Crippen LogP contribution >= 0.6 is 0 Å². The second-order valence-electron chi connectivity index (χ2n) is 2.62. The predicted octanol–water partition coefficient (Wildman–Crippen LogP) is -0.299. The molecule has 3 N–H and O–H groups in total. The first kappa shape index (κ1) is 10.2. The van der Waals surface area contributed by atoms with Crippen molar-refractivity contribution in [1.29, 1.82) is 0 Å². The minimum atomic E-state index is -0.653. The van der Waals surface area contributed by atoms with Crippen molar-refractivity contribution >= 4 is 11.9 Å². The third kappa shape index (κ3) is 1.73. The average molecular weight is 197 g/mol. The average Bonchev–Trinajstić information content (AvgIpc) is 2.15. The highest BCUT2D eigenvalue weighted by molar-refractivity contribution is 5.88. The van der Waals surface area contributed by atoms with Crippen LogP contribution in [-0.4, -0.2) is 23.0 Å². The van der Waals surface area contributed by atoms with Crippen LogP contribution in [0.2, 0.25) is 0 Å². The number of nitrogens with zero attached hydrogens (tertiary/aromatic N) is 1. The van der Waals surface area contributed by atoms with Crippen LogP contribution < -0.4 is 11.3 Å². The van der Waals surface area contributed by atoms with E-state index in [9.17, 15) is 9.59 Å². The number of H-pyrrole nitrogens is 1. The third-order valence-electron chi connectivity index (χ3n) is 1.77. The maximum atomic E-state index is 11.3. The summed E-state index contributed by atoms with van der Waals surface area (Å²) in [7, 11) is 1.22. The van der Waals surface area contributed by atoms with Crippen molar-refractivity contribution in [3.8, 4) is 0 Å². The van der Waals surface area contributed by atoms with Gasteiger partial charge >= 0.3 is 5.97 Å². The predicted molar refractivity (Wildman–Crippen MR) is 50.0 cm³/mol. The van der Waals surface area contributed by atoms with Crippen LogP contribution in [0, 0.1) is 0 Å². The fraction of sp³-hybridized carbons (Fsp3) is 0.375. The molecule has 76 valence electrons. The fourth-order valence-corrected chi connectivity index (χ4v) is 1.11. The van der Waals surface area contributed by atoms with Gasteiger partial charge in [-0.15, -0.1) is 0 Å². The van der Waals surface area contributed by atoms with E-state index in [-0.39, 0.29) is 17.2 Å². The van der Waals surface area contributed by atoms with Crippen LogP contribution in [-0.2, 0) is 11.2 Å². The van der Waals surface area contributed by atoms with E-state index in [1.54, 1.807) is 6.92 Å². The molecule has 14 heavy (non-hydrogen) atoms. The summed E-state index contributed by atoms with van der Waals surface area (Å²) in [5.41, 5.74) is 5.16. The molecule has 0 aromatic carbocycles. The van der Waals surface area contributed by atoms with E-state index in [4.69, 9.17) is 5.73 Å². The second kappa shape index (κ2) is 3.91. The summed E-state index contributed by atoms with van der Waals surface area (Å²) in [6, 6.07) is 0. The van der Waals surface area contributed by atoms with Gasteiger partial charge in [0.25, 0.3) is 5.56 Å². The number of aromatic nitrogens is 2. The number of nitrogens with one attached hydrogen (secondary N) is 1. The Kier molecular flexibility index (Phi) is 2.85. The van der Waals surface area contributed by atoms with E-state index in [0.717, 1.165) is 0 Å². The van der Waals surface area contributed by atoms with Crippen molar-refractivity contribution in [2.45, 2.75) is 13.3 Å². The van der Waals surface area contributed by atoms with Gasteiger partial charge in [-0.2, -0.15) is 0 Å². The van der Waals surface area contributed by atoms with Crippen molar-refractivity contribution in [1.82, 2.24) is 9.97 Å². The van der Waals surface area contributed by atoms with Crippen LogP contribution in [0.4, 0.5) is 5.95 Å². The van der Waals surface area contributed by atoms with Crippen molar-refractivity contribution in [2.24, 2.45) is 0 Å². The number of carbonyl (C=O) groups excluding carboxylic acids is 1. The molecule has 6 nitrogen and oxygen atoms in total. The summed E-state index contributed by atoms with van der Waals surface area (Å²) < 4.78 is 4.48. The number of aromatic amines is 1. The molecule has 1 rings (SSSR count). The van der Waals surface area contributed by atoms with Gasteiger partial charge in [0.05, 0.1) is 12.7 Å². The number of hydrogen-bond acceptors (Lipinski definition) is 5. The normalized spacial score (nSPS) is 9.86. The van der Waals surface area contributed by atoms with Gasteiger partial charge in [0.15, 0.2) is 5.69 Å². The number of methoxy groups -OCH3 is 1. The Hall–Kier alpha value is -1.85. The van der Waals surface area contributed by atoms with Crippen molar-refractivity contribution < 1.29 is 9.53 Å². The van der Waals surface area contributed by atoms with Crippen LogP contribution in [0.5, 0.6) is 0 Å². The summed E-state index contributed by atoms with van der Waals surface area (Å²) in [5, 5.41) is 0. The first-order valence-corrected chi connectivity index (χ1v) is 4.07. The number of carbonyl (C=O) groups is 1. The Morgan fingerprint density at radius 1 is 1.64 bits per heavy atom. The lowest BCUT2D eigenvalue weighted by Gasteiger charge is -2.04. The molecule has 0 spiro atoms. The zero-order valence-corrected chi connectivity index (χ0v) is 7.96. The van der Waals surface area contributed by atoms with E-state index in [1.165, 1.54) is 7.11 Å². The van der Waals surface area contributed by atoms with Crippen LogP contribution in [0.3, 0.4) is 0 Å². The number of nitrogen functional groups attached to an aromatic ring is 1. The van der Waals surface area contributed by atoms with Gasteiger partial charge in [-0.25, -0.2) is 9.78 Å². The topological polar surface area (TPSA) is 98.1 Å². The molecule has 1 aromatic heterocycles. The lowest BCUT2D eigenvalue weighted by atomic mass is 10.2. The minimum Gasteiger partial charge on any atom is -0.464 e. The first-order valence-electron chi connectivity index (χ1n) is 4.07. The largest absolute Gasteiger partial charge is 0.464 e. The smallest absolute Gasteiger partial charge is 0.357 e. The second-order valence-corrected chi connectivity index (χ2v) is 2.62. The highest BCUT2D eigenvalue weighted by atomic mass is 16.5. The van der Waals surface area contributed by atoms with Crippen LogP contribution in [0.15, 0.2) is 4.79 Å². The molecular formula is C8H11N3O3. The summed E-state index contributed by atoms with van der Waals surface area (Å²) in [6.07, 6.45) is 0.396. The molecule has 0 bridgehead atoms. The van der Waals surface area contributed by atoms with Gasteiger partial charge in [-0.3, -0.25) is 9.78 Å². The molecule has 0 saturated heterocycles. The molecule has 0 radical (unpaired) electrons. The summed E-state index contributed by atoms with van der Waals surface area (Å²) in [6.45, 7) is 1.74. The quantitative estimate of drug-likeness (QED) is 0.634. The highest BCUT2D eigenvalue weighted by Gasteiger charge is 2.16. The molecule has 0 unspecified atom stereocenters. The monoisotopic (exact) mass is 197 g/mol. The van der Waals surface area contributed by atoms with Crippen LogP contribution in [0.1, 0.15) is 23.0 Å². The third-order valence-corrected chi connectivity index (χ3v) is 1.77. The molecule has 0 aliphatic heterocycles. The SMILES string of the molecule is CCc1c(C(=O)OC)nc(N)[nH]c1=O. The zero-order valence-electron chi connectivity index (χ0n) is 7.96. The van der Waals surface area contributed by atoms with Gasteiger partial charge in [0.1, 0.15) is 0 Å².